The molecule has 0 saturated heterocycles. The van der Waals surface area contributed by atoms with Crippen LogP contribution in [0.2, 0.25) is 0 Å². The van der Waals surface area contributed by atoms with E-state index in [-0.39, 0.29) is 16.9 Å². The van der Waals surface area contributed by atoms with Gasteiger partial charge in [0.15, 0.2) is 11.4 Å². The molecule has 9 nitrogen and oxygen atoms in total. The first-order valence-corrected chi connectivity index (χ1v) is 10.9. The van der Waals surface area contributed by atoms with Gasteiger partial charge in [0.25, 0.3) is 5.91 Å². The van der Waals surface area contributed by atoms with Crippen LogP contribution in [0.4, 0.5) is 0 Å². The van der Waals surface area contributed by atoms with Crippen molar-refractivity contribution in [2.75, 3.05) is 0 Å². The normalized spacial score (nSPS) is 37.4. The summed E-state index contributed by atoms with van der Waals surface area (Å²) in [6, 6.07) is 0. The number of fused-ring (bicyclic) bond motifs is 2. The summed E-state index contributed by atoms with van der Waals surface area (Å²) in [5.74, 6) is -6.75. The standard InChI is InChI=1S/C23H29NO8/c1-3-4-9-5-6-10-8(2)13-16(19(28)14(10)17(9)26)21(30)23(32)11(18(13)27)7-12(25)15(20(23)29)22(24)31/h8,11,13,18-19,26-30,32H,3-7H2,1-2H3,(H2,24,31). The van der Waals surface area contributed by atoms with Crippen LogP contribution in [0, 0.1) is 17.8 Å². The molecule has 6 unspecified atom stereocenters. The van der Waals surface area contributed by atoms with Gasteiger partial charge in [0.05, 0.1) is 6.10 Å². The monoisotopic (exact) mass is 447 g/mol. The summed E-state index contributed by atoms with van der Waals surface area (Å²) in [5, 5.41) is 66.5. The Labute approximate surface area is 184 Å². The number of carbonyl (C=O) groups excluding carboxylic acids is 2. The molecule has 174 valence electrons. The molecule has 0 aromatic heterocycles. The van der Waals surface area contributed by atoms with Gasteiger partial charge in [0.1, 0.15) is 29.0 Å². The number of Topliss-reactive ketones (excluding diaryl/α,β-unsaturated/α-hetero) is 1. The number of nitrogens with two attached hydrogens (primary N) is 1. The van der Waals surface area contributed by atoms with Crippen LogP contribution in [0.3, 0.4) is 0 Å². The highest BCUT2D eigenvalue weighted by Crippen LogP contribution is 2.56. The maximum atomic E-state index is 12.4. The van der Waals surface area contributed by atoms with Gasteiger partial charge in [-0.05, 0) is 30.8 Å². The van der Waals surface area contributed by atoms with Crippen LogP contribution in [0.5, 0.6) is 0 Å². The Balaban J connectivity index is 1.95. The molecule has 0 aromatic carbocycles. The second-order valence-corrected chi connectivity index (χ2v) is 9.24. The maximum absolute atomic E-state index is 12.4. The number of rotatable bonds is 3. The number of aliphatic hydroxyl groups is 6. The minimum atomic E-state index is -2.66. The number of carbonyl (C=O) groups is 2. The highest BCUT2D eigenvalue weighted by molar-refractivity contribution is 6.20. The molecule has 0 saturated carbocycles. The molecule has 32 heavy (non-hydrogen) atoms. The lowest BCUT2D eigenvalue weighted by atomic mass is 9.55. The number of hydrogen-bond acceptors (Lipinski definition) is 8. The minimum absolute atomic E-state index is 0.0498. The maximum Gasteiger partial charge on any atom is 0.255 e. The average molecular weight is 447 g/mol. The number of hydrogen-bond donors (Lipinski definition) is 7. The highest BCUT2D eigenvalue weighted by atomic mass is 16.4. The Kier molecular flexibility index (Phi) is 5.27. The van der Waals surface area contributed by atoms with Crippen LogP contribution >= 0.6 is 0 Å². The van der Waals surface area contributed by atoms with E-state index < -0.39 is 70.8 Å². The zero-order valence-electron chi connectivity index (χ0n) is 18.0. The van der Waals surface area contributed by atoms with Gasteiger partial charge in [-0.2, -0.15) is 0 Å². The molecular formula is C23H29NO8. The van der Waals surface area contributed by atoms with E-state index in [0.29, 0.717) is 19.3 Å². The van der Waals surface area contributed by atoms with Crippen molar-refractivity contribution >= 4 is 11.7 Å². The van der Waals surface area contributed by atoms with Crippen LogP contribution in [0.15, 0.2) is 45.1 Å². The van der Waals surface area contributed by atoms with E-state index in [0.717, 1.165) is 17.6 Å². The predicted molar refractivity (Wildman–Crippen MR) is 112 cm³/mol. The van der Waals surface area contributed by atoms with Crippen molar-refractivity contribution in [1.82, 2.24) is 0 Å². The van der Waals surface area contributed by atoms with Crippen molar-refractivity contribution < 1.29 is 40.2 Å². The van der Waals surface area contributed by atoms with Crippen molar-refractivity contribution in [3.8, 4) is 0 Å². The first-order chi connectivity index (χ1) is 15.0. The lowest BCUT2D eigenvalue weighted by Crippen LogP contribution is -2.61. The number of aliphatic hydroxyl groups excluding tert-OH is 5. The first-order valence-electron chi connectivity index (χ1n) is 10.9. The lowest BCUT2D eigenvalue weighted by Gasteiger charge is -2.52. The number of allylic oxidation sites excluding steroid dienone is 2. The minimum Gasteiger partial charge on any atom is -0.509 e. The van der Waals surface area contributed by atoms with Crippen molar-refractivity contribution in [3.05, 3.63) is 45.1 Å². The van der Waals surface area contributed by atoms with E-state index in [1.807, 2.05) is 6.92 Å². The van der Waals surface area contributed by atoms with Crippen molar-refractivity contribution in [3.63, 3.8) is 0 Å². The molecule has 0 aliphatic heterocycles. The van der Waals surface area contributed by atoms with E-state index in [4.69, 9.17) is 5.73 Å². The zero-order valence-corrected chi connectivity index (χ0v) is 18.0. The molecule has 4 aliphatic carbocycles. The third kappa shape index (κ3) is 2.74. The Bertz CT molecular complexity index is 1030. The Hall–Kier alpha value is -2.62. The molecule has 0 radical (unpaired) electrons. The van der Waals surface area contributed by atoms with E-state index in [1.165, 1.54) is 0 Å². The van der Waals surface area contributed by atoms with Gasteiger partial charge in [0, 0.05) is 29.4 Å². The molecule has 1 amide bonds. The van der Waals surface area contributed by atoms with Gasteiger partial charge in [-0.1, -0.05) is 25.8 Å². The smallest absolute Gasteiger partial charge is 0.255 e. The fourth-order valence-electron chi connectivity index (χ4n) is 6.12. The fraction of sp³-hybridized carbons (Fsp3) is 0.565. The summed E-state index contributed by atoms with van der Waals surface area (Å²) >= 11 is 0. The van der Waals surface area contributed by atoms with Crippen molar-refractivity contribution in [2.24, 2.45) is 23.5 Å². The van der Waals surface area contributed by atoms with E-state index in [9.17, 15) is 40.2 Å². The lowest BCUT2D eigenvalue weighted by molar-refractivity contribution is -0.140. The van der Waals surface area contributed by atoms with E-state index in [2.05, 4.69) is 0 Å². The fourth-order valence-corrected chi connectivity index (χ4v) is 6.12. The second-order valence-electron chi connectivity index (χ2n) is 9.24. The van der Waals surface area contributed by atoms with E-state index in [1.54, 1.807) is 6.92 Å². The van der Waals surface area contributed by atoms with Crippen molar-refractivity contribution in [2.45, 2.75) is 63.8 Å². The molecule has 0 bridgehead atoms. The average Bonchev–Trinajstić information content (AvgIpc) is 2.72. The number of primary amides is 1. The van der Waals surface area contributed by atoms with Gasteiger partial charge in [0.2, 0.25) is 0 Å². The van der Waals surface area contributed by atoms with Crippen LogP contribution in [-0.4, -0.2) is 60.1 Å². The summed E-state index contributed by atoms with van der Waals surface area (Å²) in [5.41, 5.74) is 3.32. The van der Waals surface area contributed by atoms with Gasteiger partial charge in [-0.15, -0.1) is 0 Å². The molecule has 4 rings (SSSR count). The molecule has 0 aromatic rings. The van der Waals surface area contributed by atoms with Crippen LogP contribution < -0.4 is 5.73 Å². The predicted octanol–water partition coefficient (Wildman–Crippen LogP) is 1.12. The van der Waals surface area contributed by atoms with Crippen LogP contribution in [0.1, 0.15) is 46.0 Å². The van der Waals surface area contributed by atoms with Gasteiger partial charge in [-0.3, -0.25) is 9.59 Å². The molecule has 9 heteroatoms. The van der Waals surface area contributed by atoms with E-state index >= 15 is 0 Å². The number of ketones is 1. The molecule has 0 spiro atoms. The second kappa shape index (κ2) is 7.47. The summed E-state index contributed by atoms with van der Waals surface area (Å²) in [6.07, 6.45) is -0.869. The molecule has 6 atom stereocenters. The largest absolute Gasteiger partial charge is 0.509 e. The van der Waals surface area contributed by atoms with Gasteiger partial charge >= 0.3 is 0 Å². The summed E-state index contributed by atoms with van der Waals surface area (Å²) in [6.45, 7) is 3.76. The molecular weight excluding hydrogens is 418 g/mol. The Morgan fingerprint density at radius 2 is 1.81 bits per heavy atom. The zero-order chi connectivity index (χ0) is 23.7. The highest BCUT2D eigenvalue weighted by Gasteiger charge is 2.63. The third-order valence-corrected chi connectivity index (χ3v) is 7.68. The number of amides is 1. The molecule has 8 N–H and O–H groups in total. The molecule has 0 heterocycles. The quantitative estimate of drug-likeness (QED) is 0.314. The van der Waals surface area contributed by atoms with Gasteiger partial charge in [-0.25, -0.2) is 0 Å². The van der Waals surface area contributed by atoms with Gasteiger partial charge < -0.3 is 36.4 Å². The summed E-state index contributed by atoms with van der Waals surface area (Å²) < 4.78 is 0. The molecule has 0 fully saturated rings. The Morgan fingerprint density at radius 1 is 1.16 bits per heavy atom. The molecule has 4 aliphatic rings. The van der Waals surface area contributed by atoms with Crippen LogP contribution in [0.25, 0.3) is 0 Å². The van der Waals surface area contributed by atoms with Crippen LogP contribution in [-0.2, 0) is 9.59 Å². The Morgan fingerprint density at radius 3 is 2.41 bits per heavy atom. The third-order valence-electron chi connectivity index (χ3n) is 7.68. The first kappa shape index (κ1) is 22.6. The summed E-state index contributed by atoms with van der Waals surface area (Å²) in [4.78, 5) is 24.2. The summed E-state index contributed by atoms with van der Waals surface area (Å²) in [7, 11) is 0. The SMILES string of the molecule is CCCC1=C(O)C2=C(CC1)C(C)C1C(=C(O)C3(O)C(O)=C(C(N)=O)C(=O)CC3C1O)C2O. The van der Waals surface area contributed by atoms with Crippen molar-refractivity contribution in [1.29, 1.82) is 0 Å². The topological polar surface area (TPSA) is 182 Å².